The van der Waals surface area contributed by atoms with Crippen LogP contribution in [-0.4, -0.2) is 15.8 Å². The Labute approximate surface area is 164 Å². The number of carbonyl (C=O) groups excluding carboxylic acids is 1. The van der Waals surface area contributed by atoms with Crippen LogP contribution in [0, 0.1) is 5.82 Å². The second-order valence-electron chi connectivity index (χ2n) is 5.92. The molecule has 0 aliphatic heterocycles. The maximum absolute atomic E-state index is 13.1. The molecule has 0 saturated carbocycles. The van der Waals surface area contributed by atoms with Crippen molar-refractivity contribution in [3.8, 4) is 11.3 Å². The predicted octanol–water partition coefficient (Wildman–Crippen LogP) is 5.97. The Morgan fingerprint density at radius 1 is 0.852 bits per heavy atom. The zero-order chi connectivity index (χ0) is 19.0. The molecule has 0 unspecified atom stereocenters. The summed E-state index contributed by atoms with van der Waals surface area (Å²) in [5.41, 5.74) is 2.81. The highest BCUT2D eigenvalue weighted by atomic mass is 35.5. The summed E-state index contributed by atoms with van der Waals surface area (Å²) in [6.07, 6.45) is 0. The molecule has 0 bridgehead atoms. The molecule has 0 fully saturated rings. The van der Waals surface area contributed by atoms with Crippen LogP contribution in [0.5, 0.6) is 0 Å². The van der Waals surface area contributed by atoms with Gasteiger partial charge in [0, 0.05) is 27.1 Å². The van der Waals surface area contributed by atoms with Gasteiger partial charge in [0.2, 0.25) is 5.28 Å². The minimum Gasteiger partial charge on any atom is -0.289 e. The minimum atomic E-state index is -0.392. The van der Waals surface area contributed by atoms with Crippen molar-refractivity contribution in [2.45, 2.75) is 0 Å². The van der Waals surface area contributed by atoms with Crippen molar-refractivity contribution in [3.05, 3.63) is 94.0 Å². The summed E-state index contributed by atoms with van der Waals surface area (Å²) >= 11 is 12.2. The molecule has 132 valence electrons. The molecule has 0 amide bonds. The molecule has 1 aromatic heterocycles. The van der Waals surface area contributed by atoms with Gasteiger partial charge in [-0.3, -0.25) is 4.79 Å². The van der Waals surface area contributed by atoms with Crippen molar-refractivity contribution in [1.29, 1.82) is 0 Å². The van der Waals surface area contributed by atoms with Gasteiger partial charge in [0.05, 0.1) is 11.2 Å². The van der Waals surface area contributed by atoms with Crippen LogP contribution in [0.1, 0.15) is 15.9 Å². The van der Waals surface area contributed by atoms with Gasteiger partial charge in [-0.1, -0.05) is 23.7 Å². The Hall–Kier alpha value is -2.82. The molecule has 0 aliphatic rings. The molecular weight excluding hydrogens is 386 g/mol. The number of hydrogen-bond donors (Lipinski definition) is 0. The second kappa shape index (κ2) is 7.06. The lowest BCUT2D eigenvalue weighted by Crippen LogP contribution is -2.02. The molecular formula is C21H11Cl2FN2O. The first-order valence-electron chi connectivity index (χ1n) is 8.05. The monoisotopic (exact) mass is 396 g/mol. The summed E-state index contributed by atoms with van der Waals surface area (Å²) in [5, 5.41) is 1.35. The van der Waals surface area contributed by atoms with Gasteiger partial charge in [0.15, 0.2) is 5.78 Å². The van der Waals surface area contributed by atoms with E-state index >= 15 is 0 Å². The highest BCUT2D eigenvalue weighted by molar-refractivity contribution is 6.31. The fourth-order valence-corrected chi connectivity index (χ4v) is 3.23. The van der Waals surface area contributed by atoms with Crippen LogP contribution in [0.2, 0.25) is 10.3 Å². The third-order valence-corrected chi connectivity index (χ3v) is 4.54. The van der Waals surface area contributed by atoms with E-state index in [1.165, 1.54) is 24.3 Å². The zero-order valence-corrected chi connectivity index (χ0v) is 15.3. The third-order valence-electron chi connectivity index (χ3n) is 4.14. The molecule has 0 saturated heterocycles. The summed E-state index contributed by atoms with van der Waals surface area (Å²) in [6.45, 7) is 0. The van der Waals surface area contributed by atoms with E-state index < -0.39 is 5.82 Å². The minimum absolute atomic E-state index is 0.107. The lowest BCUT2D eigenvalue weighted by Gasteiger charge is -2.09. The Balaban J connectivity index is 1.88. The molecule has 3 nitrogen and oxygen atoms in total. The Morgan fingerprint density at radius 2 is 1.59 bits per heavy atom. The second-order valence-corrected chi connectivity index (χ2v) is 6.69. The lowest BCUT2D eigenvalue weighted by molar-refractivity contribution is 0.103. The molecule has 0 spiro atoms. The van der Waals surface area contributed by atoms with Gasteiger partial charge in [-0.05, 0) is 66.2 Å². The van der Waals surface area contributed by atoms with E-state index in [4.69, 9.17) is 23.2 Å². The average molecular weight is 397 g/mol. The van der Waals surface area contributed by atoms with Crippen molar-refractivity contribution >= 4 is 39.9 Å². The van der Waals surface area contributed by atoms with Crippen LogP contribution in [0.15, 0.2) is 66.7 Å². The first-order chi connectivity index (χ1) is 13.0. The number of hydrogen-bond acceptors (Lipinski definition) is 3. The van der Waals surface area contributed by atoms with Gasteiger partial charge in [0.25, 0.3) is 0 Å². The number of ketones is 1. The van der Waals surface area contributed by atoms with Crippen molar-refractivity contribution < 1.29 is 9.18 Å². The van der Waals surface area contributed by atoms with E-state index in [0.717, 1.165) is 5.56 Å². The molecule has 1 heterocycles. The maximum atomic E-state index is 13.1. The lowest BCUT2D eigenvalue weighted by atomic mass is 9.99. The fraction of sp³-hybridized carbons (Fsp3) is 0. The summed E-state index contributed by atoms with van der Waals surface area (Å²) in [7, 11) is 0. The van der Waals surface area contributed by atoms with Gasteiger partial charge in [-0.2, -0.15) is 0 Å². The summed E-state index contributed by atoms with van der Waals surface area (Å²) in [5.74, 6) is -0.611. The van der Waals surface area contributed by atoms with Crippen molar-refractivity contribution in [2.75, 3.05) is 0 Å². The van der Waals surface area contributed by atoms with E-state index in [1.54, 1.807) is 30.3 Å². The Kier molecular flexibility index (Phi) is 4.60. The topological polar surface area (TPSA) is 42.9 Å². The summed E-state index contributed by atoms with van der Waals surface area (Å²) in [6, 6.07) is 17.7. The van der Waals surface area contributed by atoms with Gasteiger partial charge in [-0.15, -0.1) is 0 Å². The Bertz CT molecular complexity index is 1180. The van der Waals surface area contributed by atoms with Crippen LogP contribution in [0.3, 0.4) is 0 Å². The standard InChI is InChI=1S/C21H11Cl2FN2O/c22-15-3-1-2-13(10-15)19-17-11-14(6-9-18(17)25-21(23)26-19)20(27)12-4-7-16(24)8-5-12/h1-11H. The van der Waals surface area contributed by atoms with Crippen molar-refractivity contribution in [1.82, 2.24) is 9.97 Å². The zero-order valence-electron chi connectivity index (χ0n) is 13.8. The van der Waals surface area contributed by atoms with E-state index in [0.29, 0.717) is 32.7 Å². The van der Waals surface area contributed by atoms with Crippen LogP contribution in [-0.2, 0) is 0 Å². The third kappa shape index (κ3) is 3.54. The molecule has 4 rings (SSSR count). The van der Waals surface area contributed by atoms with Crippen LogP contribution >= 0.6 is 23.2 Å². The van der Waals surface area contributed by atoms with E-state index in [1.807, 2.05) is 12.1 Å². The molecule has 4 aromatic rings. The van der Waals surface area contributed by atoms with Gasteiger partial charge in [-0.25, -0.2) is 14.4 Å². The van der Waals surface area contributed by atoms with Gasteiger partial charge in [0.1, 0.15) is 5.82 Å². The number of fused-ring (bicyclic) bond motifs is 1. The summed E-state index contributed by atoms with van der Waals surface area (Å²) < 4.78 is 13.1. The molecule has 0 radical (unpaired) electrons. The Morgan fingerprint density at radius 3 is 2.33 bits per heavy atom. The SMILES string of the molecule is O=C(c1ccc(F)cc1)c1ccc2nc(Cl)nc(-c3cccc(Cl)c3)c2c1. The fourth-order valence-electron chi connectivity index (χ4n) is 2.87. The molecule has 6 heteroatoms. The van der Waals surface area contributed by atoms with E-state index in [9.17, 15) is 9.18 Å². The van der Waals surface area contributed by atoms with Crippen molar-refractivity contribution in [2.24, 2.45) is 0 Å². The normalized spacial score (nSPS) is 10.9. The van der Waals surface area contributed by atoms with Crippen molar-refractivity contribution in [3.63, 3.8) is 0 Å². The quantitative estimate of drug-likeness (QED) is 0.316. The van der Waals surface area contributed by atoms with Crippen LogP contribution in [0.4, 0.5) is 4.39 Å². The highest BCUT2D eigenvalue weighted by Crippen LogP contribution is 2.30. The molecule has 0 N–H and O–H groups in total. The largest absolute Gasteiger partial charge is 0.289 e. The first-order valence-corrected chi connectivity index (χ1v) is 8.80. The number of halogens is 3. The maximum Gasteiger partial charge on any atom is 0.223 e. The molecule has 3 aromatic carbocycles. The van der Waals surface area contributed by atoms with E-state index in [-0.39, 0.29) is 11.1 Å². The number of benzene rings is 3. The average Bonchev–Trinajstić information content (AvgIpc) is 2.67. The highest BCUT2D eigenvalue weighted by Gasteiger charge is 2.14. The number of rotatable bonds is 3. The number of carbonyl (C=O) groups is 1. The van der Waals surface area contributed by atoms with E-state index in [2.05, 4.69) is 9.97 Å². The molecule has 0 atom stereocenters. The van der Waals surface area contributed by atoms with Crippen LogP contribution in [0.25, 0.3) is 22.2 Å². The smallest absolute Gasteiger partial charge is 0.223 e. The molecule has 27 heavy (non-hydrogen) atoms. The van der Waals surface area contributed by atoms with Gasteiger partial charge < -0.3 is 0 Å². The number of nitrogens with zero attached hydrogens (tertiary/aromatic N) is 2. The molecule has 0 aliphatic carbocycles. The van der Waals surface area contributed by atoms with Crippen LogP contribution < -0.4 is 0 Å². The summed E-state index contributed by atoms with van der Waals surface area (Å²) in [4.78, 5) is 21.3. The van der Waals surface area contributed by atoms with Gasteiger partial charge >= 0.3 is 0 Å². The number of aromatic nitrogens is 2. The first kappa shape index (κ1) is 17.6. The predicted molar refractivity (Wildman–Crippen MR) is 105 cm³/mol.